The van der Waals surface area contributed by atoms with Gasteiger partial charge in [0.1, 0.15) is 5.69 Å². The topological polar surface area (TPSA) is 79.7 Å². The molecular formula is C18H22N6O. The lowest BCUT2D eigenvalue weighted by molar-refractivity contribution is 0.0790. The maximum atomic E-state index is 12.5. The zero-order chi connectivity index (χ0) is 17.8. The summed E-state index contributed by atoms with van der Waals surface area (Å²) < 4.78 is 1.89. The number of hydrogen-bond donors (Lipinski definition) is 1. The molecule has 0 aliphatic rings. The standard InChI is InChI=1S/C18H22N6O/c1-13-10-14(2)24(22-13)12-16-11-17(21-20-16)18(25)23(3)9-7-15-6-4-5-8-19-15/h4-6,8,10-11H,7,9,12H2,1-3H3,(H,20,21). The van der Waals surface area contributed by atoms with E-state index in [1.807, 2.05) is 42.8 Å². The highest BCUT2D eigenvalue weighted by Gasteiger charge is 2.16. The molecule has 25 heavy (non-hydrogen) atoms. The molecule has 1 N–H and O–H groups in total. The van der Waals surface area contributed by atoms with Crippen molar-refractivity contribution in [2.75, 3.05) is 13.6 Å². The van der Waals surface area contributed by atoms with Gasteiger partial charge in [-0.05, 0) is 38.1 Å². The third kappa shape index (κ3) is 4.12. The Bertz CT molecular complexity index is 852. The molecule has 0 bridgehead atoms. The highest BCUT2D eigenvalue weighted by atomic mass is 16.2. The number of H-pyrrole nitrogens is 1. The molecule has 0 saturated carbocycles. The summed E-state index contributed by atoms with van der Waals surface area (Å²) in [7, 11) is 1.78. The van der Waals surface area contributed by atoms with Crippen LogP contribution in [0.3, 0.4) is 0 Å². The number of aryl methyl sites for hydroxylation is 2. The van der Waals surface area contributed by atoms with Crippen LogP contribution in [-0.4, -0.2) is 49.4 Å². The average molecular weight is 338 g/mol. The quantitative estimate of drug-likeness (QED) is 0.745. The van der Waals surface area contributed by atoms with Crippen LogP contribution in [0.5, 0.6) is 0 Å². The largest absolute Gasteiger partial charge is 0.340 e. The van der Waals surface area contributed by atoms with Gasteiger partial charge in [-0.15, -0.1) is 0 Å². The minimum absolute atomic E-state index is 0.105. The van der Waals surface area contributed by atoms with E-state index in [1.54, 1.807) is 24.2 Å². The molecule has 0 unspecified atom stereocenters. The van der Waals surface area contributed by atoms with Crippen molar-refractivity contribution in [1.82, 2.24) is 29.9 Å². The van der Waals surface area contributed by atoms with Crippen LogP contribution in [-0.2, 0) is 13.0 Å². The molecule has 0 fully saturated rings. The highest BCUT2D eigenvalue weighted by Crippen LogP contribution is 2.08. The smallest absolute Gasteiger partial charge is 0.274 e. The van der Waals surface area contributed by atoms with Gasteiger partial charge in [-0.1, -0.05) is 6.07 Å². The summed E-state index contributed by atoms with van der Waals surface area (Å²) in [6.45, 7) is 5.13. The van der Waals surface area contributed by atoms with E-state index in [1.165, 1.54) is 0 Å². The van der Waals surface area contributed by atoms with Gasteiger partial charge in [0.15, 0.2) is 0 Å². The second kappa shape index (κ2) is 7.29. The first-order chi connectivity index (χ1) is 12.0. The van der Waals surface area contributed by atoms with Crippen LogP contribution in [0.4, 0.5) is 0 Å². The fourth-order valence-corrected chi connectivity index (χ4v) is 2.67. The van der Waals surface area contributed by atoms with Gasteiger partial charge in [0, 0.05) is 37.6 Å². The maximum Gasteiger partial charge on any atom is 0.274 e. The van der Waals surface area contributed by atoms with E-state index in [2.05, 4.69) is 20.3 Å². The molecule has 7 nitrogen and oxygen atoms in total. The first-order valence-electron chi connectivity index (χ1n) is 8.23. The lowest BCUT2D eigenvalue weighted by Gasteiger charge is -2.15. The van der Waals surface area contributed by atoms with E-state index in [0.29, 0.717) is 25.2 Å². The molecule has 3 aromatic heterocycles. The number of carbonyl (C=O) groups excluding carboxylic acids is 1. The van der Waals surface area contributed by atoms with Crippen molar-refractivity contribution in [3.8, 4) is 0 Å². The Labute approximate surface area is 146 Å². The second-order valence-corrected chi connectivity index (χ2v) is 6.16. The number of aromatic amines is 1. The number of aromatic nitrogens is 5. The van der Waals surface area contributed by atoms with E-state index in [-0.39, 0.29) is 5.91 Å². The van der Waals surface area contributed by atoms with Gasteiger partial charge in [-0.25, -0.2) is 0 Å². The molecule has 3 aromatic rings. The molecule has 7 heteroatoms. The molecule has 0 aliphatic carbocycles. The first kappa shape index (κ1) is 16.9. The van der Waals surface area contributed by atoms with Crippen molar-refractivity contribution in [2.24, 2.45) is 0 Å². The molecule has 0 radical (unpaired) electrons. The van der Waals surface area contributed by atoms with Crippen molar-refractivity contribution in [3.05, 3.63) is 65.0 Å². The highest BCUT2D eigenvalue weighted by molar-refractivity contribution is 5.92. The Morgan fingerprint density at radius 1 is 1.28 bits per heavy atom. The predicted octanol–water partition coefficient (Wildman–Crippen LogP) is 1.98. The first-order valence-corrected chi connectivity index (χ1v) is 8.23. The van der Waals surface area contributed by atoms with Gasteiger partial charge < -0.3 is 4.90 Å². The Kier molecular flexibility index (Phi) is 4.92. The molecule has 130 valence electrons. The Balaban J connectivity index is 1.60. The molecule has 0 saturated heterocycles. The molecular weight excluding hydrogens is 316 g/mol. The van der Waals surface area contributed by atoms with Crippen molar-refractivity contribution in [3.63, 3.8) is 0 Å². The summed E-state index contributed by atoms with van der Waals surface area (Å²) in [6, 6.07) is 9.60. The minimum Gasteiger partial charge on any atom is -0.340 e. The van der Waals surface area contributed by atoms with Crippen LogP contribution in [0.2, 0.25) is 0 Å². The second-order valence-electron chi connectivity index (χ2n) is 6.16. The number of amides is 1. The van der Waals surface area contributed by atoms with Gasteiger partial charge in [0.05, 0.1) is 17.9 Å². The normalized spacial score (nSPS) is 10.8. The lowest BCUT2D eigenvalue weighted by atomic mass is 10.2. The average Bonchev–Trinajstić information content (AvgIpc) is 3.19. The van der Waals surface area contributed by atoms with E-state index in [4.69, 9.17) is 0 Å². The number of pyridine rings is 1. The van der Waals surface area contributed by atoms with E-state index in [0.717, 1.165) is 22.8 Å². The molecule has 0 aromatic carbocycles. The number of rotatable bonds is 6. The maximum absolute atomic E-state index is 12.5. The zero-order valence-electron chi connectivity index (χ0n) is 14.7. The van der Waals surface area contributed by atoms with Crippen molar-refractivity contribution < 1.29 is 4.79 Å². The lowest BCUT2D eigenvalue weighted by Crippen LogP contribution is -2.29. The van der Waals surface area contributed by atoms with Gasteiger partial charge >= 0.3 is 0 Å². The van der Waals surface area contributed by atoms with Crippen LogP contribution in [0.1, 0.15) is 33.3 Å². The van der Waals surface area contributed by atoms with Crippen LogP contribution in [0.15, 0.2) is 36.5 Å². The number of nitrogens with zero attached hydrogens (tertiary/aromatic N) is 5. The van der Waals surface area contributed by atoms with Gasteiger partial charge in [0.25, 0.3) is 5.91 Å². The number of likely N-dealkylation sites (N-methyl/N-ethyl adjacent to an activating group) is 1. The molecule has 0 spiro atoms. The van der Waals surface area contributed by atoms with Crippen molar-refractivity contribution >= 4 is 5.91 Å². The molecule has 0 aliphatic heterocycles. The van der Waals surface area contributed by atoms with Crippen molar-refractivity contribution in [2.45, 2.75) is 26.8 Å². The van der Waals surface area contributed by atoms with Crippen LogP contribution < -0.4 is 0 Å². The Hall–Kier alpha value is -2.96. The van der Waals surface area contributed by atoms with E-state index < -0.39 is 0 Å². The van der Waals surface area contributed by atoms with E-state index >= 15 is 0 Å². The predicted molar refractivity (Wildman–Crippen MR) is 94.3 cm³/mol. The van der Waals surface area contributed by atoms with Crippen molar-refractivity contribution in [1.29, 1.82) is 0 Å². The Morgan fingerprint density at radius 3 is 2.80 bits per heavy atom. The summed E-state index contributed by atoms with van der Waals surface area (Å²) in [4.78, 5) is 18.4. The number of nitrogens with one attached hydrogen (secondary N) is 1. The fourth-order valence-electron chi connectivity index (χ4n) is 2.67. The molecule has 3 heterocycles. The number of carbonyl (C=O) groups is 1. The third-order valence-electron chi connectivity index (χ3n) is 4.05. The van der Waals surface area contributed by atoms with E-state index in [9.17, 15) is 4.79 Å². The summed E-state index contributed by atoms with van der Waals surface area (Å²) >= 11 is 0. The summed E-state index contributed by atoms with van der Waals surface area (Å²) in [6.07, 6.45) is 2.47. The number of hydrogen-bond acceptors (Lipinski definition) is 4. The Morgan fingerprint density at radius 2 is 2.12 bits per heavy atom. The van der Waals surface area contributed by atoms with Crippen LogP contribution in [0, 0.1) is 13.8 Å². The van der Waals surface area contributed by atoms with Gasteiger partial charge in [-0.2, -0.15) is 10.2 Å². The fraction of sp³-hybridized carbons (Fsp3) is 0.333. The molecule has 1 amide bonds. The molecule has 0 atom stereocenters. The molecule has 3 rings (SSSR count). The minimum atomic E-state index is -0.105. The van der Waals surface area contributed by atoms with Crippen LogP contribution in [0.25, 0.3) is 0 Å². The summed E-state index contributed by atoms with van der Waals surface area (Å²) in [5, 5.41) is 11.5. The SMILES string of the molecule is Cc1cc(C)n(Cc2cc(C(=O)N(C)CCc3ccccn3)n[nH]2)n1. The summed E-state index contributed by atoms with van der Waals surface area (Å²) in [5.74, 6) is -0.105. The third-order valence-corrected chi connectivity index (χ3v) is 4.05. The summed E-state index contributed by atoms with van der Waals surface area (Å²) in [5.41, 5.74) is 4.29. The zero-order valence-corrected chi connectivity index (χ0v) is 14.7. The van der Waals surface area contributed by atoms with Gasteiger partial charge in [0.2, 0.25) is 0 Å². The van der Waals surface area contributed by atoms with Gasteiger partial charge in [-0.3, -0.25) is 19.6 Å². The monoisotopic (exact) mass is 338 g/mol. The van der Waals surface area contributed by atoms with Crippen LogP contribution >= 0.6 is 0 Å².